The molecule has 31 heavy (non-hydrogen) atoms. The van der Waals surface area contributed by atoms with Crippen LogP contribution in [0.25, 0.3) is 5.69 Å². The molecular weight excluding hydrogens is 391 g/mol. The van der Waals surface area contributed by atoms with Gasteiger partial charge in [0.15, 0.2) is 0 Å². The standard InChI is InChI=1S/C24H29BN2O4/c1-17(18-8-7-9-21(16-18)29-6)26-14-15-27(22(26)28)20-12-10-19(11-13-20)25-30-23(2,3)24(4,5)31-25/h7-17H,1-6H3. The van der Waals surface area contributed by atoms with E-state index in [2.05, 4.69) is 0 Å². The van der Waals surface area contributed by atoms with Crippen molar-refractivity contribution in [2.45, 2.75) is 51.9 Å². The van der Waals surface area contributed by atoms with Gasteiger partial charge in [0.25, 0.3) is 0 Å². The van der Waals surface area contributed by atoms with Gasteiger partial charge in [-0.3, -0.25) is 9.13 Å². The molecule has 2 heterocycles. The van der Waals surface area contributed by atoms with E-state index in [1.54, 1.807) is 22.4 Å². The minimum atomic E-state index is -0.423. The molecule has 1 saturated heterocycles. The van der Waals surface area contributed by atoms with E-state index in [9.17, 15) is 4.79 Å². The van der Waals surface area contributed by atoms with E-state index >= 15 is 0 Å². The van der Waals surface area contributed by atoms with E-state index in [1.807, 2.05) is 89.3 Å². The lowest BCUT2D eigenvalue weighted by Gasteiger charge is -2.32. The molecule has 4 rings (SSSR count). The van der Waals surface area contributed by atoms with Crippen LogP contribution >= 0.6 is 0 Å². The average Bonchev–Trinajstić information content (AvgIpc) is 3.23. The molecule has 1 unspecified atom stereocenters. The second-order valence-electron chi connectivity index (χ2n) is 8.99. The van der Waals surface area contributed by atoms with E-state index in [0.717, 1.165) is 22.5 Å². The third-order valence-corrected chi connectivity index (χ3v) is 6.49. The van der Waals surface area contributed by atoms with E-state index in [1.165, 1.54) is 0 Å². The summed E-state index contributed by atoms with van der Waals surface area (Å²) in [5.41, 5.74) is 1.86. The number of imidazole rings is 1. The van der Waals surface area contributed by atoms with Crippen LogP contribution in [0.2, 0.25) is 0 Å². The highest BCUT2D eigenvalue weighted by Crippen LogP contribution is 2.36. The third-order valence-electron chi connectivity index (χ3n) is 6.49. The van der Waals surface area contributed by atoms with Crippen LogP contribution in [-0.4, -0.2) is 34.6 Å². The molecule has 6 nitrogen and oxygen atoms in total. The normalized spacial score (nSPS) is 18.2. The summed E-state index contributed by atoms with van der Waals surface area (Å²) in [6.07, 6.45) is 3.61. The number of nitrogens with zero attached hydrogens (tertiary/aromatic N) is 2. The van der Waals surface area contributed by atoms with Gasteiger partial charge in [0.1, 0.15) is 5.75 Å². The highest BCUT2D eigenvalue weighted by Gasteiger charge is 2.51. The first-order valence-corrected chi connectivity index (χ1v) is 10.5. The molecule has 0 aliphatic carbocycles. The number of hydrogen-bond donors (Lipinski definition) is 0. The van der Waals surface area contributed by atoms with Crippen molar-refractivity contribution in [3.05, 3.63) is 77.0 Å². The Morgan fingerprint density at radius 1 is 0.968 bits per heavy atom. The second kappa shape index (κ2) is 7.73. The Bertz CT molecular complexity index is 1110. The van der Waals surface area contributed by atoms with Gasteiger partial charge in [-0.25, -0.2) is 4.79 Å². The quantitative estimate of drug-likeness (QED) is 0.593. The number of methoxy groups -OCH3 is 1. The maximum absolute atomic E-state index is 13.1. The van der Waals surface area contributed by atoms with E-state index < -0.39 is 7.12 Å². The van der Waals surface area contributed by atoms with Crippen molar-refractivity contribution in [3.8, 4) is 11.4 Å². The molecule has 7 heteroatoms. The lowest BCUT2D eigenvalue weighted by Crippen LogP contribution is -2.41. The molecule has 0 saturated carbocycles. The van der Waals surface area contributed by atoms with Crippen LogP contribution < -0.4 is 15.9 Å². The zero-order valence-electron chi connectivity index (χ0n) is 19.0. The molecular formula is C24H29BN2O4. The summed E-state index contributed by atoms with van der Waals surface area (Å²) < 4.78 is 20.9. The van der Waals surface area contributed by atoms with Crippen LogP contribution in [0, 0.1) is 0 Å². The minimum absolute atomic E-state index is 0.0984. The van der Waals surface area contributed by atoms with Gasteiger partial charge in [-0.15, -0.1) is 0 Å². The van der Waals surface area contributed by atoms with Crippen molar-refractivity contribution in [2.24, 2.45) is 0 Å². The van der Waals surface area contributed by atoms with Gasteiger partial charge in [-0.2, -0.15) is 0 Å². The van der Waals surface area contributed by atoms with Crippen LogP contribution in [-0.2, 0) is 9.31 Å². The fraction of sp³-hybridized carbons (Fsp3) is 0.375. The van der Waals surface area contributed by atoms with Crippen molar-refractivity contribution >= 4 is 12.6 Å². The Morgan fingerprint density at radius 2 is 1.61 bits per heavy atom. The predicted octanol–water partition coefficient (Wildman–Crippen LogP) is 3.56. The zero-order chi connectivity index (χ0) is 22.4. The van der Waals surface area contributed by atoms with Gasteiger partial charge in [0.2, 0.25) is 0 Å². The van der Waals surface area contributed by atoms with Crippen molar-refractivity contribution < 1.29 is 14.0 Å². The molecule has 1 aliphatic heterocycles. The molecule has 0 N–H and O–H groups in total. The predicted molar refractivity (Wildman–Crippen MR) is 123 cm³/mol. The van der Waals surface area contributed by atoms with Crippen molar-refractivity contribution in [2.75, 3.05) is 7.11 Å². The van der Waals surface area contributed by atoms with E-state index in [4.69, 9.17) is 14.0 Å². The largest absolute Gasteiger partial charge is 0.497 e. The first kappa shape index (κ1) is 21.5. The van der Waals surface area contributed by atoms with Crippen LogP contribution in [0.3, 0.4) is 0 Å². The summed E-state index contributed by atoms with van der Waals surface area (Å²) in [6.45, 7) is 10.1. The number of benzene rings is 2. The average molecular weight is 420 g/mol. The molecule has 1 aromatic heterocycles. The fourth-order valence-electron chi connectivity index (χ4n) is 3.71. The Morgan fingerprint density at radius 3 is 2.23 bits per heavy atom. The maximum Gasteiger partial charge on any atom is 0.494 e. The number of aromatic nitrogens is 2. The van der Waals surface area contributed by atoms with Gasteiger partial charge in [-0.1, -0.05) is 24.3 Å². The molecule has 162 valence electrons. The molecule has 3 aromatic rings. The summed E-state index contributed by atoms with van der Waals surface area (Å²) in [7, 11) is 1.22. The smallest absolute Gasteiger partial charge is 0.494 e. The summed E-state index contributed by atoms with van der Waals surface area (Å²) >= 11 is 0. The summed E-state index contributed by atoms with van der Waals surface area (Å²) in [5.74, 6) is 0.773. The molecule has 2 aromatic carbocycles. The van der Waals surface area contributed by atoms with Crippen LogP contribution in [0.1, 0.15) is 46.2 Å². The van der Waals surface area contributed by atoms with Crippen LogP contribution in [0.5, 0.6) is 5.75 Å². The first-order valence-electron chi connectivity index (χ1n) is 10.5. The lowest BCUT2D eigenvalue weighted by atomic mass is 9.79. The highest BCUT2D eigenvalue weighted by molar-refractivity contribution is 6.62. The molecule has 1 atom stereocenters. The van der Waals surface area contributed by atoms with Gasteiger partial charge < -0.3 is 14.0 Å². The molecule has 0 amide bonds. The van der Waals surface area contributed by atoms with E-state index in [0.29, 0.717) is 0 Å². The Kier molecular flexibility index (Phi) is 5.35. The first-order chi connectivity index (χ1) is 14.6. The zero-order valence-corrected chi connectivity index (χ0v) is 19.0. The number of ether oxygens (including phenoxy) is 1. The van der Waals surface area contributed by atoms with Gasteiger partial charge in [0, 0.05) is 12.4 Å². The third kappa shape index (κ3) is 3.84. The molecule has 0 spiro atoms. The lowest BCUT2D eigenvalue weighted by molar-refractivity contribution is 0.00578. The summed E-state index contributed by atoms with van der Waals surface area (Å²) in [5, 5.41) is 0. The Hall–Kier alpha value is -2.77. The topological polar surface area (TPSA) is 54.6 Å². The Balaban J connectivity index is 1.58. The van der Waals surface area contributed by atoms with Gasteiger partial charge >= 0.3 is 12.8 Å². The highest BCUT2D eigenvalue weighted by atomic mass is 16.7. The van der Waals surface area contributed by atoms with Crippen LogP contribution in [0.15, 0.2) is 65.7 Å². The minimum Gasteiger partial charge on any atom is -0.497 e. The molecule has 0 bridgehead atoms. The van der Waals surface area contributed by atoms with Crippen molar-refractivity contribution in [1.29, 1.82) is 0 Å². The molecule has 1 fully saturated rings. The molecule has 1 aliphatic rings. The number of rotatable bonds is 5. The van der Waals surface area contributed by atoms with Gasteiger partial charge in [0.05, 0.1) is 30.0 Å². The monoisotopic (exact) mass is 420 g/mol. The van der Waals surface area contributed by atoms with E-state index in [-0.39, 0.29) is 22.9 Å². The fourth-order valence-corrected chi connectivity index (χ4v) is 3.71. The van der Waals surface area contributed by atoms with Crippen molar-refractivity contribution in [3.63, 3.8) is 0 Å². The van der Waals surface area contributed by atoms with Crippen molar-refractivity contribution in [1.82, 2.24) is 9.13 Å². The second-order valence-corrected chi connectivity index (χ2v) is 8.99. The molecule has 0 radical (unpaired) electrons. The maximum atomic E-state index is 13.1. The SMILES string of the molecule is COc1cccc(C(C)n2ccn(-c3ccc(B4OC(C)(C)C(C)(C)O4)cc3)c2=O)c1. The van der Waals surface area contributed by atoms with Gasteiger partial charge in [-0.05, 0) is 69.9 Å². The van der Waals surface area contributed by atoms with Crippen LogP contribution in [0.4, 0.5) is 0 Å². The summed E-state index contributed by atoms with van der Waals surface area (Å²) in [4.78, 5) is 13.1. The Labute approximate surface area is 183 Å². The number of hydrogen-bond acceptors (Lipinski definition) is 4. The summed E-state index contributed by atoms with van der Waals surface area (Å²) in [6, 6.07) is 15.4.